The fourth-order valence-corrected chi connectivity index (χ4v) is 4.35. The predicted octanol–water partition coefficient (Wildman–Crippen LogP) is 2.30. The van der Waals surface area contributed by atoms with Gasteiger partial charge in [-0.3, -0.25) is 9.59 Å². The van der Waals surface area contributed by atoms with E-state index in [1.165, 1.54) is 6.08 Å². The number of carbonyl (C=O) groups excluding carboxylic acids is 3. The molecule has 1 atom stereocenters. The van der Waals surface area contributed by atoms with E-state index in [9.17, 15) is 14.4 Å². The van der Waals surface area contributed by atoms with Gasteiger partial charge in [0.2, 0.25) is 5.91 Å². The Morgan fingerprint density at radius 1 is 1.17 bits per heavy atom. The van der Waals surface area contributed by atoms with Crippen LogP contribution in [0.4, 0.5) is 0 Å². The molecular weight excluding hydrogens is 384 g/mol. The summed E-state index contributed by atoms with van der Waals surface area (Å²) < 4.78 is 5.14. The summed E-state index contributed by atoms with van der Waals surface area (Å²) >= 11 is 0. The molecule has 1 aliphatic heterocycles. The van der Waals surface area contributed by atoms with E-state index in [2.05, 4.69) is 16.5 Å². The Labute approximate surface area is 177 Å². The molecule has 162 valence electrons. The number of piperazine rings is 1. The van der Waals surface area contributed by atoms with Gasteiger partial charge in [-0.15, -0.1) is 0 Å². The average molecular weight is 415 g/mol. The highest BCUT2D eigenvalue weighted by Gasteiger charge is 2.36. The maximum Gasteiger partial charge on any atom is 0.342 e. The van der Waals surface area contributed by atoms with E-state index in [0.29, 0.717) is 31.2 Å². The van der Waals surface area contributed by atoms with Gasteiger partial charge in [0.15, 0.2) is 0 Å². The summed E-state index contributed by atoms with van der Waals surface area (Å²) in [5, 5.41) is 0. The van der Waals surface area contributed by atoms with Crippen molar-refractivity contribution in [2.45, 2.75) is 52.5 Å². The van der Waals surface area contributed by atoms with Gasteiger partial charge in [0.25, 0.3) is 5.91 Å². The zero-order valence-corrected chi connectivity index (χ0v) is 18.0. The van der Waals surface area contributed by atoms with Gasteiger partial charge in [-0.05, 0) is 33.6 Å². The van der Waals surface area contributed by atoms with Gasteiger partial charge >= 0.3 is 5.97 Å². The van der Waals surface area contributed by atoms with Crippen molar-refractivity contribution in [3.63, 3.8) is 0 Å². The van der Waals surface area contributed by atoms with Crippen LogP contribution in [0.2, 0.25) is 0 Å². The molecule has 0 spiro atoms. The number of ether oxygens (including phenoxy) is 1. The molecule has 0 bridgehead atoms. The van der Waals surface area contributed by atoms with Crippen LogP contribution in [0, 0.1) is 19.8 Å². The normalized spacial score (nSPS) is 19.6. The first kappa shape index (κ1) is 21.9. The third kappa shape index (κ3) is 4.52. The predicted molar refractivity (Wildman–Crippen MR) is 111 cm³/mol. The van der Waals surface area contributed by atoms with Crippen LogP contribution in [-0.4, -0.2) is 69.8 Å². The SMILES string of the molecule is C=CCOC(=O)c1c(C)nc(C)nc1C(=O)N1CCN(C(=O)C2CCCC2)C(C)C1. The molecule has 2 aliphatic rings. The zero-order valence-electron chi connectivity index (χ0n) is 18.0. The maximum atomic E-state index is 13.3. The fraction of sp³-hybridized carbons (Fsp3) is 0.591. The Hall–Kier alpha value is -2.77. The minimum Gasteiger partial charge on any atom is -0.458 e. The van der Waals surface area contributed by atoms with Crippen LogP contribution in [0.15, 0.2) is 12.7 Å². The number of hydrogen-bond donors (Lipinski definition) is 0. The number of rotatable bonds is 5. The molecule has 30 heavy (non-hydrogen) atoms. The van der Waals surface area contributed by atoms with E-state index in [0.717, 1.165) is 25.7 Å². The molecule has 2 fully saturated rings. The Morgan fingerprint density at radius 2 is 1.87 bits per heavy atom. The summed E-state index contributed by atoms with van der Waals surface area (Å²) in [6.45, 7) is 10.2. The van der Waals surface area contributed by atoms with Gasteiger partial charge in [-0.1, -0.05) is 25.5 Å². The van der Waals surface area contributed by atoms with Gasteiger partial charge < -0.3 is 14.5 Å². The molecule has 0 N–H and O–H groups in total. The quantitative estimate of drug-likeness (QED) is 0.542. The monoisotopic (exact) mass is 414 g/mol. The first-order valence-corrected chi connectivity index (χ1v) is 10.6. The molecule has 1 saturated heterocycles. The lowest BCUT2D eigenvalue weighted by molar-refractivity contribution is -0.139. The number of esters is 1. The van der Waals surface area contributed by atoms with E-state index in [-0.39, 0.29) is 41.6 Å². The van der Waals surface area contributed by atoms with Crippen LogP contribution < -0.4 is 0 Å². The van der Waals surface area contributed by atoms with Crippen LogP contribution in [-0.2, 0) is 9.53 Å². The number of amides is 2. The molecule has 1 aliphatic carbocycles. The van der Waals surface area contributed by atoms with E-state index >= 15 is 0 Å². The van der Waals surface area contributed by atoms with Crippen LogP contribution in [0.25, 0.3) is 0 Å². The average Bonchev–Trinajstić information content (AvgIpc) is 3.25. The second-order valence-electron chi connectivity index (χ2n) is 8.08. The minimum atomic E-state index is -0.640. The van der Waals surface area contributed by atoms with Crippen molar-refractivity contribution < 1.29 is 19.1 Å². The number of hydrogen-bond acceptors (Lipinski definition) is 6. The van der Waals surface area contributed by atoms with Gasteiger partial charge in [0, 0.05) is 31.6 Å². The summed E-state index contributed by atoms with van der Waals surface area (Å²) in [5.41, 5.74) is 0.546. The van der Waals surface area contributed by atoms with E-state index in [1.807, 2.05) is 11.8 Å². The molecule has 8 nitrogen and oxygen atoms in total. The van der Waals surface area contributed by atoms with Crippen LogP contribution in [0.1, 0.15) is 65.0 Å². The largest absolute Gasteiger partial charge is 0.458 e. The van der Waals surface area contributed by atoms with E-state index in [1.54, 1.807) is 18.7 Å². The molecule has 1 aromatic rings. The molecule has 1 aromatic heterocycles. The molecule has 1 unspecified atom stereocenters. The summed E-state index contributed by atoms with van der Waals surface area (Å²) in [7, 11) is 0. The molecule has 0 aromatic carbocycles. The highest BCUT2D eigenvalue weighted by atomic mass is 16.5. The highest BCUT2D eigenvalue weighted by Crippen LogP contribution is 2.28. The van der Waals surface area contributed by atoms with Crippen molar-refractivity contribution in [3.05, 3.63) is 35.4 Å². The second-order valence-corrected chi connectivity index (χ2v) is 8.08. The van der Waals surface area contributed by atoms with Crippen molar-refractivity contribution in [3.8, 4) is 0 Å². The third-order valence-corrected chi connectivity index (χ3v) is 5.84. The van der Waals surface area contributed by atoms with Crippen LogP contribution in [0.3, 0.4) is 0 Å². The molecule has 3 rings (SSSR count). The van der Waals surface area contributed by atoms with Crippen molar-refractivity contribution in [1.29, 1.82) is 0 Å². The van der Waals surface area contributed by atoms with Gasteiger partial charge in [-0.25, -0.2) is 14.8 Å². The van der Waals surface area contributed by atoms with Gasteiger partial charge in [0.05, 0.1) is 5.69 Å². The number of nitrogens with zero attached hydrogens (tertiary/aromatic N) is 4. The van der Waals surface area contributed by atoms with E-state index < -0.39 is 5.97 Å². The zero-order chi connectivity index (χ0) is 21.8. The molecular formula is C22H30N4O4. The smallest absolute Gasteiger partial charge is 0.342 e. The summed E-state index contributed by atoms with van der Waals surface area (Å²) in [4.78, 5) is 50.7. The first-order chi connectivity index (χ1) is 14.3. The first-order valence-electron chi connectivity index (χ1n) is 10.6. The van der Waals surface area contributed by atoms with Crippen LogP contribution in [0.5, 0.6) is 0 Å². The Balaban J connectivity index is 1.78. The Bertz CT molecular complexity index is 848. The summed E-state index contributed by atoms with van der Waals surface area (Å²) in [5.74, 6) is -0.241. The number of aromatic nitrogens is 2. The lowest BCUT2D eigenvalue weighted by atomic mass is 10.0. The number of aryl methyl sites for hydroxylation is 2. The second kappa shape index (κ2) is 9.36. The molecule has 2 amide bonds. The molecule has 8 heteroatoms. The molecule has 0 radical (unpaired) electrons. The number of carbonyl (C=O) groups is 3. The van der Waals surface area contributed by atoms with Crippen LogP contribution >= 0.6 is 0 Å². The van der Waals surface area contributed by atoms with Crippen molar-refractivity contribution in [2.24, 2.45) is 5.92 Å². The maximum absolute atomic E-state index is 13.3. The third-order valence-electron chi connectivity index (χ3n) is 5.84. The van der Waals surface area contributed by atoms with Crippen molar-refractivity contribution in [1.82, 2.24) is 19.8 Å². The van der Waals surface area contributed by atoms with E-state index in [4.69, 9.17) is 4.74 Å². The summed E-state index contributed by atoms with van der Waals surface area (Å²) in [6, 6.07) is -0.0870. The minimum absolute atomic E-state index is 0.0404. The van der Waals surface area contributed by atoms with Gasteiger partial charge in [-0.2, -0.15) is 0 Å². The van der Waals surface area contributed by atoms with Crippen molar-refractivity contribution >= 4 is 17.8 Å². The Morgan fingerprint density at radius 3 is 2.50 bits per heavy atom. The molecule has 1 saturated carbocycles. The van der Waals surface area contributed by atoms with Gasteiger partial charge in [0.1, 0.15) is 23.7 Å². The topological polar surface area (TPSA) is 92.7 Å². The standard InChI is InChI=1S/C22H30N4O4/c1-5-12-30-22(29)18-15(3)23-16(4)24-19(18)21(28)25-10-11-26(14(2)13-25)20(27)17-8-6-7-9-17/h5,14,17H,1,6-13H2,2-4H3. The summed E-state index contributed by atoms with van der Waals surface area (Å²) in [6.07, 6.45) is 5.60. The lowest BCUT2D eigenvalue weighted by Gasteiger charge is -2.41. The van der Waals surface area contributed by atoms with Crippen molar-refractivity contribution in [2.75, 3.05) is 26.2 Å². The Kier molecular flexibility index (Phi) is 6.84. The fourth-order valence-electron chi connectivity index (χ4n) is 4.35. The molecule has 2 heterocycles. The lowest BCUT2D eigenvalue weighted by Crippen LogP contribution is -2.56. The highest BCUT2D eigenvalue weighted by molar-refractivity contribution is 6.04.